The van der Waals surface area contributed by atoms with E-state index in [9.17, 15) is 9.59 Å². The number of urea groups is 1. The van der Waals surface area contributed by atoms with E-state index in [4.69, 9.17) is 16.3 Å². The summed E-state index contributed by atoms with van der Waals surface area (Å²) in [6, 6.07) is 21.8. The fourth-order valence-corrected chi connectivity index (χ4v) is 3.77. The molecule has 1 aliphatic heterocycles. The highest BCUT2D eigenvalue weighted by atomic mass is 35.5. The third kappa shape index (κ3) is 5.03. The first-order valence-electron chi connectivity index (χ1n) is 10.4. The molecule has 0 bridgehead atoms. The fraction of sp³-hybridized carbons (Fsp3) is 0.200. The van der Waals surface area contributed by atoms with E-state index in [0.29, 0.717) is 29.4 Å². The number of nitrogens with zero attached hydrogens (tertiary/aromatic N) is 2. The zero-order valence-electron chi connectivity index (χ0n) is 17.8. The number of rotatable bonds is 6. The number of carbonyl (C=O) groups is 2. The van der Waals surface area contributed by atoms with Crippen molar-refractivity contribution in [3.8, 4) is 5.75 Å². The topological polar surface area (TPSA) is 61.9 Å². The molecular formula is C25H24ClN3O3. The lowest BCUT2D eigenvalue weighted by atomic mass is 10.1. The number of amides is 3. The molecule has 1 heterocycles. The molecule has 6 nitrogen and oxygen atoms in total. The van der Waals surface area contributed by atoms with Crippen LogP contribution in [0.4, 0.5) is 16.2 Å². The Kier molecular flexibility index (Phi) is 6.61. The maximum atomic E-state index is 13.1. The Morgan fingerprint density at radius 2 is 1.66 bits per heavy atom. The maximum absolute atomic E-state index is 13.1. The van der Waals surface area contributed by atoms with Crippen LogP contribution in [0.15, 0.2) is 72.8 Å². The van der Waals surface area contributed by atoms with Gasteiger partial charge in [0.2, 0.25) is 0 Å². The van der Waals surface area contributed by atoms with Crippen LogP contribution in [0.25, 0.3) is 0 Å². The second kappa shape index (κ2) is 9.75. The van der Waals surface area contributed by atoms with Crippen molar-refractivity contribution >= 4 is 34.9 Å². The van der Waals surface area contributed by atoms with Gasteiger partial charge in [-0.2, -0.15) is 0 Å². The summed E-state index contributed by atoms with van der Waals surface area (Å²) in [6.07, 6.45) is 0.886. The molecule has 3 aromatic carbocycles. The predicted molar refractivity (Wildman–Crippen MR) is 127 cm³/mol. The summed E-state index contributed by atoms with van der Waals surface area (Å²) >= 11 is 5.88. The molecule has 1 fully saturated rings. The Balaban J connectivity index is 1.40. The first-order valence-corrected chi connectivity index (χ1v) is 10.8. The van der Waals surface area contributed by atoms with E-state index in [-0.39, 0.29) is 11.9 Å². The summed E-state index contributed by atoms with van der Waals surface area (Å²) in [5.41, 5.74) is 3.05. The Bertz CT molecular complexity index is 1080. The molecule has 0 atom stereocenters. The molecule has 1 aliphatic rings. The summed E-state index contributed by atoms with van der Waals surface area (Å²) in [6.45, 7) is 1.93. The lowest BCUT2D eigenvalue weighted by Gasteiger charge is -2.35. The molecule has 0 saturated carbocycles. The Morgan fingerprint density at radius 1 is 0.969 bits per heavy atom. The van der Waals surface area contributed by atoms with Gasteiger partial charge in [0.25, 0.3) is 5.91 Å². The number of ether oxygens (including phenoxy) is 1. The van der Waals surface area contributed by atoms with Crippen LogP contribution in [-0.4, -0.2) is 37.0 Å². The largest absolute Gasteiger partial charge is 0.497 e. The smallest absolute Gasteiger partial charge is 0.324 e. The molecule has 0 aliphatic carbocycles. The Morgan fingerprint density at radius 3 is 2.31 bits per heavy atom. The van der Waals surface area contributed by atoms with Crippen LogP contribution in [0.3, 0.4) is 0 Å². The number of nitrogens with one attached hydrogen (secondary N) is 1. The molecule has 0 radical (unpaired) electrons. The number of halogens is 1. The zero-order valence-corrected chi connectivity index (χ0v) is 18.5. The Hall–Kier alpha value is -3.51. The molecule has 1 saturated heterocycles. The third-order valence-electron chi connectivity index (χ3n) is 5.39. The number of hydrogen-bond acceptors (Lipinski definition) is 3. The highest BCUT2D eigenvalue weighted by Crippen LogP contribution is 2.24. The van der Waals surface area contributed by atoms with Crippen LogP contribution < -0.4 is 15.0 Å². The van der Waals surface area contributed by atoms with Gasteiger partial charge in [-0.15, -0.1) is 0 Å². The summed E-state index contributed by atoms with van der Waals surface area (Å²) in [4.78, 5) is 29.1. The number of methoxy groups -OCH3 is 1. The minimum atomic E-state index is -0.214. The molecule has 7 heteroatoms. The number of carbonyl (C=O) groups excluding carboxylic acids is 2. The van der Waals surface area contributed by atoms with Crippen molar-refractivity contribution in [1.29, 1.82) is 0 Å². The second-order valence-electron chi connectivity index (χ2n) is 7.57. The van der Waals surface area contributed by atoms with Gasteiger partial charge in [0.05, 0.1) is 7.11 Å². The van der Waals surface area contributed by atoms with E-state index >= 15 is 0 Å². The van der Waals surface area contributed by atoms with Gasteiger partial charge < -0.3 is 15.0 Å². The van der Waals surface area contributed by atoms with Crippen LogP contribution in [0, 0.1) is 0 Å². The monoisotopic (exact) mass is 449 g/mol. The minimum Gasteiger partial charge on any atom is -0.497 e. The van der Waals surface area contributed by atoms with E-state index in [1.807, 2.05) is 41.3 Å². The molecule has 3 aromatic rings. The molecular weight excluding hydrogens is 426 g/mol. The summed E-state index contributed by atoms with van der Waals surface area (Å²) in [7, 11) is 1.63. The number of hydrogen-bond donors (Lipinski definition) is 1. The van der Waals surface area contributed by atoms with Gasteiger partial charge in [-0.1, -0.05) is 23.7 Å². The molecule has 32 heavy (non-hydrogen) atoms. The Labute approximate surface area is 192 Å². The summed E-state index contributed by atoms with van der Waals surface area (Å²) in [5, 5.41) is 3.45. The maximum Gasteiger partial charge on any atom is 0.324 e. The van der Waals surface area contributed by atoms with Gasteiger partial charge in [0.1, 0.15) is 5.75 Å². The van der Waals surface area contributed by atoms with Crippen molar-refractivity contribution < 1.29 is 14.3 Å². The van der Waals surface area contributed by atoms with Crippen LogP contribution >= 0.6 is 11.6 Å². The molecule has 3 amide bonds. The SMILES string of the molecule is COc1ccc(CN2CCCN(c3ccc(NC(=O)c4ccc(Cl)cc4)cc3)C2=O)cc1. The van der Waals surface area contributed by atoms with Crippen molar-refractivity contribution in [1.82, 2.24) is 4.90 Å². The van der Waals surface area contributed by atoms with Crippen LogP contribution in [0.2, 0.25) is 5.02 Å². The molecule has 4 rings (SSSR count). The summed E-state index contributed by atoms with van der Waals surface area (Å²) < 4.78 is 5.20. The zero-order chi connectivity index (χ0) is 22.5. The number of benzene rings is 3. The second-order valence-corrected chi connectivity index (χ2v) is 8.00. The van der Waals surface area contributed by atoms with E-state index < -0.39 is 0 Å². The highest BCUT2D eigenvalue weighted by Gasteiger charge is 2.26. The summed E-state index contributed by atoms with van der Waals surface area (Å²) in [5.74, 6) is 0.581. The highest BCUT2D eigenvalue weighted by molar-refractivity contribution is 6.30. The standard InChI is InChI=1S/C25H24ClN3O3/c1-32-23-13-3-18(4-14-23)17-28-15-2-16-29(25(28)31)22-11-9-21(10-12-22)27-24(30)19-5-7-20(26)8-6-19/h3-14H,2,15-17H2,1H3,(H,27,30). The van der Waals surface area contributed by atoms with Gasteiger partial charge in [0, 0.05) is 41.6 Å². The molecule has 0 aromatic heterocycles. The van der Waals surface area contributed by atoms with Gasteiger partial charge >= 0.3 is 6.03 Å². The van der Waals surface area contributed by atoms with Gasteiger partial charge in [0.15, 0.2) is 0 Å². The van der Waals surface area contributed by atoms with Crippen LogP contribution in [0.5, 0.6) is 5.75 Å². The van der Waals surface area contributed by atoms with Crippen molar-refractivity contribution in [2.75, 3.05) is 30.4 Å². The first kappa shape index (κ1) is 21.7. The van der Waals surface area contributed by atoms with Crippen LogP contribution in [0.1, 0.15) is 22.3 Å². The third-order valence-corrected chi connectivity index (χ3v) is 5.64. The normalized spacial score (nSPS) is 13.8. The predicted octanol–water partition coefficient (Wildman–Crippen LogP) is 5.43. The lowest BCUT2D eigenvalue weighted by molar-refractivity contribution is 0.102. The average Bonchev–Trinajstić information content (AvgIpc) is 2.82. The first-order chi connectivity index (χ1) is 15.5. The van der Waals surface area contributed by atoms with Gasteiger partial charge in [-0.05, 0) is 72.6 Å². The molecule has 0 spiro atoms. The molecule has 164 valence electrons. The van der Waals surface area contributed by atoms with E-state index in [1.165, 1.54) is 0 Å². The lowest BCUT2D eigenvalue weighted by Crippen LogP contribution is -2.49. The van der Waals surface area contributed by atoms with E-state index in [2.05, 4.69) is 5.32 Å². The van der Waals surface area contributed by atoms with Crippen molar-refractivity contribution in [3.63, 3.8) is 0 Å². The van der Waals surface area contributed by atoms with Crippen molar-refractivity contribution in [2.45, 2.75) is 13.0 Å². The van der Waals surface area contributed by atoms with Gasteiger partial charge in [-0.3, -0.25) is 9.69 Å². The molecule has 1 N–H and O–H groups in total. The van der Waals surface area contributed by atoms with Gasteiger partial charge in [-0.25, -0.2) is 4.79 Å². The minimum absolute atomic E-state index is 0.0231. The van der Waals surface area contributed by atoms with E-state index in [1.54, 1.807) is 48.4 Å². The number of anilines is 2. The average molecular weight is 450 g/mol. The molecule has 0 unspecified atom stereocenters. The van der Waals surface area contributed by atoms with Crippen LogP contribution in [-0.2, 0) is 6.54 Å². The van der Waals surface area contributed by atoms with E-state index in [0.717, 1.165) is 30.0 Å². The van der Waals surface area contributed by atoms with Crippen molar-refractivity contribution in [3.05, 3.63) is 88.9 Å². The quantitative estimate of drug-likeness (QED) is 0.545. The fourth-order valence-electron chi connectivity index (χ4n) is 3.65. The van der Waals surface area contributed by atoms with Crippen molar-refractivity contribution in [2.24, 2.45) is 0 Å².